The first-order valence-corrected chi connectivity index (χ1v) is 11.6. The number of rotatable bonds is 4. The molecular weight excluding hydrogens is 402 g/mol. The standard InChI is InChI=1S/C22H25N3O4S/c1-15-13-18(7-9-20(15)25-12-4-6-22(25)27)23-30(28,29)19-8-10-21-17(14-19)5-3-11-24(21)16(2)26/h7-10,13-14,23H,3-6,11-12H2,1-2H3. The summed E-state index contributed by atoms with van der Waals surface area (Å²) < 4.78 is 28.5. The minimum Gasteiger partial charge on any atom is -0.312 e. The van der Waals surface area contributed by atoms with Gasteiger partial charge in [0.2, 0.25) is 11.8 Å². The van der Waals surface area contributed by atoms with Crippen molar-refractivity contribution in [3.05, 3.63) is 47.5 Å². The lowest BCUT2D eigenvalue weighted by Gasteiger charge is -2.28. The maximum atomic E-state index is 13.0. The van der Waals surface area contributed by atoms with Crippen LogP contribution in [0.3, 0.4) is 0 Å². The fourth-order valence-electron chi connectivity index (χ4n) is 4.21. The van der Waals surface area contributed by atoms with Crippen molar-refractivity contribution in [2.45, 2.75) is 44.4 Å². The fraction of sp³-hybridized carbons (Fsp3) is 0.364. The Balaban J connectivity index is 1.58. The molecule has 2 aliphatic heterocycles. The van der Waals surface area contributed by atoms with E-state index in [-0.39, 0.29) is 16.7 Å². The molecule has 2 heterocycles. The molecule has 30 heavy (non-hydrogen) atoms. The van der Waals surface area contributed by atoms with Crippen LogP contribution in [0.5, 0.6) is 0 Å². The number of nitrogens with one attached hydrogen (secondary N) is 1. The number of carbonyl (C=O) groups is 2. The summed E-state index contributed by atoms with van der Waals surface area (Å²) in [4.78, 5) is 27.4. The van der Waals surface area contributed by atoms with Gasteiger partial charge in [-0.2, -0.15) is 0 Å². The zero-order valence-electron chi connectivity index (χ0n) is 17.1. The quantitative estimate of drug-likeness (QED) is 0.812. The molecule has 0 saturated carbocycles. The smallest absolute Gasteiger partial charge is 0.261 e. The average molecular weight is 428 g/mol. The van der Waals surface area contributed by atoms with Gasteiger partial charge >= 0.3 is 0 Å². The van der Waals surface area contributed by atoms with Crippen molar-refractivity contribution in [3.63, 3.8) is 0 Å². The summed E-state index contributed by atoms with van der Waals surface area (Å²) >= 11 is 0. The van der Waals surface area contributed by atoms with Crippen molar-refractivity contribution >= 4 is 38.9 Å². The Morgan fingerprint density at radius 1 is 1.00 bits per heavy atom. The lowest BCUT2D eigenvalue weighted by Crippen LogP contribution is -2.33. The predicted molar refractivity (Wildman–Crippen MR) is 116 cm³/mol. The first kappa shape index (κ1) is 20.4. The van der Waals surface area contributed by atoms with Crippen LogP contribution in [0.1, 0.15) is 37.3 Å². The van der Waals surface area contributed by atoms with E-state index in [0.717, 1.165) is 41.8 Å². The normalized spacial score (nSPS) is 16.5. The monoisotopic (exact) mass is 427 g/mol. The Morgan fingerprint density at radius 2 is 1.73 bits per heavy atom. The molecule has 2 amide bonds. The molecule has 7 nitrogen and oxygen atoms in total. The van der Waals surface area contributed by atoms with Crippen molar-refractivity contribution in [1.82, 2.24) is 0 Å². The van der Waals surface area contributed by atoms with Crippen LogP contribution >= 0.6 is 0 Å². The molecule has 0 unspecified atom stereocenters. The van der Waals surface area contributed by atoms with Crippen LogP contribution in [-0.4, -0.2) is 33.3 Å². The second-order valence-electron chi connectivity index (χ2n) is 7.82. The van der Waals surface area contributed by atoms with Crippen LogP contribution in [0.4, 0.5) is 17.1 Å². The van der Waals surface area contributed by atoms with E-state index in [4.69, 9.17) is 0 Å². The molecule has 0 aliphatic carbocycles. The highest BCUT2D eigenvalue weighted by molar-refractivity contribution is 7.92. The number of aryl methyl sites for hydroxylation is 2. The maximum Gasteiger partial charge on any atom is 0.261 e. The van der Waals surface area contributed by atoms with E-state index in [1.807, 2.05) is 6.92 Å². The highest BCUT2D eigenvalue weighted by atomic mass is 32.2. The summed E-state index contributed by atoms with van der Waals surface area (Å²) in [6, 6.07) is 10.1. The van der Waals surface area contributed by atoms with Crippen LogP contribution in [0, 0.1) is 6.92 Å². The Morgan fingerprint density at radius 3 is 2.40 bits per heavy atom. The summed E-state index contributed by atoms with van der Waals surface area (Å²) in [5, 5.41) is 0. The number of nitrogens with zero attached hydrogens (tertiary/aromatic N) is 2. The van der Waals surface area contributed by atoms with E-state index in [1.54, 1.807) is 40.1 Å². The summed E-state index contributed by atoms with van der Waals surface area (Å²) in [6.45, 7) is 4.73. The number of carbonyl (C=O) groups excluding carboxylic acids is 2. The molecule has 0 spiro atoms. The second-order valence-corrected chi connectivity index (χ2v) is 9.50. The average Bonchev–Trinajstić information content (AvgIpc) is 3.12. The van der Waals surface area contributed by atoms with Gasteiger partial charge in [-0.25, -0.2) is 8.42 Å². The third kappa shape index (κ3) is 3.79. The molecule has 2 aliphatic rings. The van der Waals surface area contributed by atoms with Gasteiger partial charge in [-0.3, -0.25) is 14.3 Å². The van der Waals surface area contributed by atoms with Crippen LogP contribution in [0.25, 0.3) is 0 Å². The number of benzene rings is 2. The third-order valence-corrected chi connectivity index (χ3v) is 7.05. The molecule has 0 radical (unpaired) electrons. The largest absolute Gasteiger partial charge is 0.312 e. The molecule has 2 aromatic rings. The van der Waals surface area contributed by atoms with E-state index in [1.165, 1.54) is 13.0 Å². The van der Waals surface area contributed by atoms with Gasteiger partial charge in [-0.1, -0.05) is 0 Å². The Bertz CT molecular complexity index is 1130. The van der Waals surface area contributed by atoms with Crippen LogP contribution in [-0.2, 0) is 26.0 Å². The number of hydrogen-bond acceptors (Lipinski definition) is 4. The minimum atomic E-state index is -3.78. The van der Waals surface area contributed by atoms with Crippen LogP contribution in [0.2, 0.25) is 0 Å². The van der Waals surface area contributed by atoms with Crippen molar-refractivity contribution in [1.29, 1.82) is 0 Å². The number of amides is 2. The van der Waals surface area contributed by atoms with E-state index >= 15 is 0 Å². The molecule has 0 bridgehead atoms. The van der Waals surface area contributed by atoms with Gasteiger partial charge in [0.25, 0.3) is 10.0 Å². The van der Waals surface area contributed by atoms with Gasteiger partial charge in [0.15, 0.2) is 0 Å². The molecular formula is C22H25N3O4S. The highest BCUT2D eigenvalue weighted by Crippen LogP contribution is 2.31. The molecule has 4 rings (SSSR count). The SMILES string of the molecule is CC(=O)N1CCCc2cc(S(=O)(=O)Nc3ccc(N4CCCC4=O)c(C)c3)ccc21. The lowest BCUT2D eigenvalue weighted by molar-refractivity contribution is -0.117. The summed E-state index contributed by atoms with van der Waals surface area (Å²) in [5.74, 6) is 0.0526. The first-order chi connectivity index (χ1) is 14.3. The molecule has 1 N–H and O–H groups in total. The van der Waals surface area contributed by atoms with E-state index in [0.29, 0.717) is 25.2 Å². The van der Waals surface area contributed by atoms with Gasteiger partial charge in [-0.15, -0.1) is 0 Å². The van der Waals surface area contributed by atoms with Crippen LogP contribution in [0.15, 0.2) is 41.3 Å². The lowest BCUT2D eigenvalue weighted by atomic mass is 10.0. The van der Waals surface area contributed by atoms with Gasteiger partial charge in [0.05, 0.1) is 4.90 Å². The molecule has 0 atom stereocenters. The minimum absolute atomic E-state index is 0.0447. The van der Waals surface area contributed by atoms with Gasteiger partial charge in [-0.05, 0) is 73.7 Å². The van der Waals surface area contributed by atoms with Crippen molar-refractivity contribution in [3.8, 4) is 0 Å². The van der Waals surface area contributed by atoms with Crippen LogP contribution < -0.4 is 14.5 Å². The van der Waals surface area contributed by atoms with Gasteiger partial charge in [0.1, 0.15) is 0 Å². The Labute approximate surface area is 176 Å². The van der Waals surface area contributed by atoms with Gasteiger partial charge in [0, 0.05) is 43.5 Å². The number of fused-ring (bicyclic) bond motifs is 1. The van der Waals surface area contributed by atoms with Gasteiger partial charge < -0.3 is 9.80 Å². The van der Waals surface area contributed by atoms with Crippen molar-refractivity contribution < 1.29 is 18.0 Å². The summed E-state index contributed by atoms with van der Waals surface area (Å²) in [7, 11) is -3.78. The Kier molecular flexibility index (Phi) is 5.27. The van der Waals surface area contributed by atoms with E-state index < -0.39 is 10.0 Å². The predicted octanol–water partition coefficient (Wildman–Crippen LogP) is 3.22. The first-order valence-electron chi connectivity index (χ1n) is 10.1. The third-order valence-electron chi connectivity index (χ3n) is 5.67. The van der Waals surface area contributed by atoms with E-state index in [9.17, 15) is 18.0 Å². The number of sulfonamides is 1. The molecule has 8 heteroatoms. The summed E-state index contributed by atoms with van der Waals surface area (Å²) in [5.41, 5.74) is 3.75. The highest BCUT2D eigenvalue weighted by Gasteiger charge is 2.25. The number of anilines is 3. The zero-order chi connectivity index (χ0) is 21.5. The van der Waals surface area contributed by atoms with E-state index in [2.05, 4.69) is 4.72 Å². The molecule has 158 valence electrons. The molecule has 2 aromatic carbocycles. The fourth-order valence-corrected chi connectivity index (χ4v) is 5.31. The summed E-state index contributed by atoms with van der Waals surface area (Å²) in [6.07, 6.45) is 2.93. The maximum absolute atomic E-state index is 13.0. The molecule has 1 saturated heterocycles. The molecule has 1 fully saturated rings. The number of hydrogen-bond donors (Lipinski definition) is 1. The Hall–Kier alpha value is -2.87. The van der Waals surface area contributed by atoms with Crippen molar-refractivity contribution in [2.24, 2.45) is 0 Å². The second kappa shape index (κ2) is 7.75. The topological polar surface area (TPSA) is 86.8 Å². The zero-order valence-corrected chi connectivity index (χ0v) is 18.0. The molecule has 0 aromatic heterocycles. The van der Waals surface area contributed by atoms with Crippen molar-refractivity contribution in [2.75, 3.05) is 27.6 Å².